The number of anilines is 1. The number of nitrogens with two attached hydrogens (primary N) is 1. The van der Waals surface area contributed by atoms with Crippen molar-refractivity contribution >= 4 is 33.4 Å². The van der Waals surface area contributed by atoms with Crippen LogP contribution in [-0.4, -0.2) is 24.2 Å². The number of hydrogen-bond acceptors (Lipinski definition) is 4. The van der Waals surface area contributed by atoms with Crippen molar-refractivity contribution in [2.24, 2.45) is 0 Å². The molecule has 2 N–H and O–H groups in total. The fourth-order valence-electron chi connectivity index (χ4n) is 1.30. The van der Waals surface area contributed by atoms with Gasteiger partial charge in [-0.15, -0.1) is 0 Å². The smallest absolute Gasteiger partial charge is 0.338 e. The molecule has 0 fully saturated rings. The first-order valence-corrected chi connectivity index (χ1v) is 5.79. The van der Waals surface area contributed by atoms with Crippen LogP contribution >= 0.6 is 15.9 Å². The Morgan fingerprint density at radius 2 is 2.06 bits per heavy atom. The number of benzene rings is 1. The number of halogens is 1. The summed E-state index contributed by atoms with van der Waals surface area (Å²) in [5.41, 5.74) is 6.56. The SMILES string of the molecule is COC(=O)c1cc(N)ccc1C(=O)CCBr. The third-order valence-corrected chi connectivity index (χ3v) is 2.47. The van der Waals surface area contributed by atoms with Crippen molar-refractivity contribution < 1.29 is 14.3 Å². The summed E-state index contributed by atoms with van der Waals surface area (Å²) in [4.78, 5) is 23.2. The van der Waals surface area contributed by atoms with Crippen LogP contribution in [0.2, 0.25) is 0 Å². The molecule has 0 aliphatic heterocycles. The number of rotatable bonds is 4. The first-order valence-electron chi connectivity index (χ1n) is 4.67. The Labute approximate surface area is 102 Å². The number of carbonyl (C=O) groups excluding carboxylic acids is 2. The highest BCUT2D eigenvalue weighted by Crippen LogP contribution is 2.17. The van der Waals surface area contributed by atoms with E-state index in [2.05, 4.69) is 20.7 Å². The van der Waals surface area contributed by atoms with E-state index in [1.165, 1.54) is 13.2 Å². The Morgan fingerprint density at radius 1 is 1.38 bits per heavy atom. The summed E-state index contributed by atoms with van der Waals surface area (Å²) in [7, 11) is 1.27. The number of ketones is 1. The molecule has 0 amide bonds. The van der Waals surface area contributed by atoms with Crippen molar-refractivity contribution in [2.45, 2.75) is 6.42 Å². The quantitative estimate of drug-likeness (QED) is 0.398. The topological polar surface area (TPSA) is 69.4 Å². The van der Waals surface area contributed by atoms with E-state index < -0.39 is 5.97 Å². The lowest BCUT2D eigenvalue weighted by molar-refractivity contribution is 0.0597. The minimum absolute atomic E-state index is 0.114. The van der Waals surface area contributed by atoms with Crippen molar-refractivity contribution in [3.8, 4) is 0 Å². The number of ether oxygens (including phenoxy) is 1. The summed E-state index contributed by atoms with van der Waals surface area (Å²) in [5.74, 6) is -0.664. The van der Waals surface area contributed by atoms with E-state index in [9.17, 15) is 9.59 Å². The molecule has 0 aliphatic rings. The second-order valence-electron chi connectivity index (χ2n) is 3.16. The highest BCUT2D eigenvalue weighted by atomic mass is 79.9. The summed E-state index contributed by atoms with van der Waals surface area (Å²) in [6.45, 7) is 0. The number of methoxy groups -OCH3 is 1. The summed E-state index contributed by atoms with van der Waals surface area (Å²) >= 11 is 3.18. The predicted octanol–water partition coefficient (Wildman–Crippen LogP) is 2.02. The Kier molecular flexibility index (Phi) is 4.49. The van der Waals surface area contributed by atoms with Gasteiger partial charge in [0.25, 0.3) is 0 Å². The molecule has 0 saturated carbocycles. The molecule has 86 valence electrons. The molecule has 16 heavy (non-hydrogen) atoms. The van der Waals surface area contributed by atoms with E-state index >= 15 is 0 Å². The average molecular weight is 286 g/mol. The van der Waals surface area contributed by atoms with Crippen LogP contribution < -0.4 is 5.73 Å². The Hall–Kier alpha value is -1.36. The number of alkyl halides is 1. The van der Waals surface area contributed by atoms with Crippen molar-refractivity contribution in [2.75, 3.05) is 18.2 Å². The Bertz CT molecular complexity index is 418. The third kappa shape index (κ3) is 2.82. The molecule has 0 unspecified atom stereocenters. The van der Waals surface area contributed by atoms with Crippen molar-refractivity contribution in [1.29, 1.82) is 0 Å². The van der Waals surface area contributed by atoms with E-state index in [1.807, 2.05) is 0 Å². The summed E-state index contributed by atoms with van der Waals surface area (Å²) in [5, 5.41) is 0.552. The van der Waals surface area contributed by atoms with Gasteiger partial charge in [-0.05, 0) is 18.2 Å². The second-order valence-corrected chi connectivity index (χ2v) is 3.95. The maximum absolute atomic E-state index is 11.7. The average Bonchev–Trinajstić information content (AvgIpc) is 2.28. The van der Waals surface area contributed by atoms with Gasteiger partial charge in [0.15, 0.2) is 5.78 Å². The maximum Gasteiger partial charge on any atom is 0.338 e. The van der Waals surface area contributed by atoms with Gasteiger partial charge in [0.1, 0.15) is 0 Å². The van der Waals surface area contributed by atoms with E-state index in [0.717, 1.165) is 0 Å². The van der Waals surface area contributed by atoms with Gasteiger partial charge < -0.3 is 10.5 Å². The molecule has 0 bridgehead atoms. The molecule has 0 heterocycles. The van der Waals surface area contributed by atoms with Crippen LogP contribution in [0.25, 0.3) is 0 Å². The summed E-state index contributed by atoms with van der Waals surface area (Å²) < 4.78 is 4.60. The zero-order chi connectivity index (χ0) is 12.1. The van der Waals surface area contributed by atoms with Gasteiger partial charge in [-0.25, -0.2) is 4.79 Å². The van der Waals surface area contributed by atoms with E-state index in [0.29, 0.717) is 23.0 Å². The van der Waals surface area contributed by atoms with Crippen LogP contribution in [0.1, 0.15) is 27.1 Å². The lowest BCUT2D eigenvalue weighted by atomic mass is 10.0. The standard InChI is InChI=1S/C11H12BrNO3/c1-16-11(15)9-6-7(13)2-3-8(9)10(14)4-5-12/h2-3,6H,4-5,13H2,1H3. The van der Waals surface area contributed by atoms with Crippen LogP contribution in [0.5, 0.6) is 0 Å². The molecule has 0 radical (unpaired) electrons. The van der Waals surface area contributed by atoms with Crippen LogP contribution in [-0.2, 0) is 4.74 Å². The minimum atomic E-state index is -0.551. The van der Waals surface area contributed by atoms with Gasteiger partial charge in [-0.2, -0.15) is 0 Å². The second kappa shape index (κ2) is 5.65. The predicted molar refractivity (Wildman–Crippen MR) is 64.9 cm³/mol. The zero-order valence-corrected chi connectivity index (χ0v) is 10.4. The number of esters is 1. The third-order valence-electron chi connectivity index (χ3n) is 2.07. The Morgan fingerprint density at radius 3 is 2.62 bits per heavy atom. The molecular formula is C11H12BrNO3. The first-order chi connectivity index (χ1) is 7.60. The van der Waals surface area contributed by atoms with Crippen LogP contribution in [0.4, 0.5) is 5.69 Å². The van der Waals surface area contributed by atoms with E-state index in [4.69, 9.17) is 5.73 Å². The molecule has 0 aliphatic carbocycles. The molecule has 1 rings (SSSR count). The lowest BCUT2D eigenvalue weighted by Gasteiger charge is -2.07. The number of carbonyl (C=O) groups is 2. The first kappa shape index (κ1) is 12.7. The lowest BCUT2D eigenvalue weighted by Crippen LogP contribution is -2.11. The van der Waals surface area contributed by atoms with Crippen LogP contribution in [0.15, 0.2) is 18.2 Å². The monoisotopic (exact) mass is 285 g/mol. The number of Topliss-reactive ketones (excluding diaryl/α,β-unsaturated/α-hetero) is 1. The molecule has 1 aromatic carbocycles. The van der Waals surface area contributed by atoms with Crippen molar-refractivity contribution in [1.82, 2.24) is 0 Å². The molecule has 4 nitrogen and oxygen atoms in total. The maximum atomic E-state index is 11.7. The Balaban J connectivity index is 3.17. The van der Waals surface area contributed by atoms with Gasteiger partial charge in [-0.1, -0.05) is 15.9 Å². The largest absolute Gasteiger partial charge is 0.465 e. The molecule has 1 aromatic rings. The van der Waals surface area contributed by atoms with Gasteiger partial charge in [0.2, 0.25) is 0 Å². The van der Waals surface area contributed by atoms with Gasteiger partial charge in [0.05, 0.1) is 12.7 Å². The molecule has 0 spiro atoms. The van der Waals surface area contributed by atoms with Crippen LogP contribution in [0.3, 0.4) is 0 Å². The highest BCUT2D eigenvalue weighted by Gasteiger charge is 2.17. The molecule has 0 aromatic heterocycles. The van der Waals surface area contributed by atoms with E-state index in [1.54, 1.807) is 12.1 Å². The van der Waals surface area contributed by atoms with Crippen molar-refractivity contribution in [3.63, 3.8) is 0 Å². The normalized spacial score (nSPS) is 9.88. The van der Waals surface area contributed by atoms with Crippen LogP contribution in [0, 0.1) is 0 Å². The molecule has 5 heteroatoms. The highest BCUT2D eigenvalue weighted by molar-refractivity contribution is 9.09. The van der Waals surface area contributed by atoms with E-state index in [-0.39, 0.29) is 11.3 Å². The zero-order valence-electron chi connectivity index (χ0n) is 8.83. The fourth-order valence-corrected chi connectivity index (χ4v) is 1.66. The summed E-state index contributed by atoms with van der Waals surface area (Å²) in [6.07, 6.45) is 0.327. The van der Waals surface area contributed by atoms with Gasteiger partial charge >= 0.3 is 5.97 Å². The number of nitrogen functional groups attached to an aromatic ring is 1. The van der Waals surface area contributed by atoms with Gasteiger partial charge in [0, 0.05) is 23.0 Å². The molecule has 0 saturated heterocycles. The molecule has 0 atom stereocenters. The van der Waals surface area contributed by atoms with Crippen molar-refractivity contribution in [3.05, 3.63) is 29.3 Å². The molecular weight excluding hydrogens is 274 g/mol. The van der Waals surface area contributed by atoms with Gasteiger partial charge in [-0.3, -0.25) is 4.79 Å². The summed E-state index contributed by atoms with van der Waals surface area (Å²) in [6, 6.07) is 4.59. The fraction of sp³-hybridized carbons (Fsp3) is 0.273. The number of hydrogen-bond donors (Lipinski definition) is 1. The minimum Gasteiger partial charge on any atom is -0.465 e.